The van der Waals surface area contributed by atoms with Crippen LogP contribution in [0.2, 0.25) is 0 Å². The van der Waals surface area contributed by atoms with E-state index in [0.29, 0.717) is 28.7 Å². The maximum Gasteiger partial charge on any atom is 0.195 e. The highest BCUT2D eigenvalue weighted by atomic mass is 16.3. The standard InChI is InChI=1S/C20H16O4/c1-10-4-3-5-12-15(10)18(22)13-7-6-11-8-20(2,24)9-14(21)16(11)17(13)19(12)23/h3-7,24H,8-9H2,1-2H3. The van der Waals surface area contributed by atoms with Gasteiger partial charge in [0.05, 0.1) is 5.60 Å². The van der Waals surface area contributed by atoms with Crippen LogP contribution < -0.4 is 0 Å². The highest BCUT2D eigenvalue weighted by molar-refractivity contribution is 6.31. The van der Waals surface area contributed by atoms with E-state index >= 15 is 0 Å². The summed E-state index contributed by atoms with van der Waals surface area (Å²) < 4.78 is 0. The number of aryl methyl sites for hydroxylation is 1. The molecule has 24 heavy (non-hydrogen) atoms. The average Bonchev–Trinajstić information content (AvgIpc) is 2.50. The van der Waals surface area contributed by atoms with Crippen LogP contribution in [0.5, 0.6) is 0 Å². The Morgan fingerprint density at radius 1 is 0.875 bits per heavy atom. The highest BCUT2D eigenvalue weighted by Crippen LogP contribution is 2.37. The van der Waals surface area contributed by atoms with Crippen LogP contribution in [0.3, 0.4) is 0 Å². The zero-order valence-corrected chi connectivity index (χ0v) is 13.5. The normalized spacial score (nSPS) is 22.0. The molecule has 1 atom stereocenters. The van der Waals surface area contributed by atoms with E-state index in [1.807, 2.05) is 0 Å². The van der Waals surface area contributed by atoms with Gasteiger partial charge in [-0.2, -0.15) is 0 Å². The number of hydrogen-bond donors (Lipinski definition) is 1. The Morgan fingerprint density at radius 2 is 1.54 bits per heavy atom. The fraction of sp³-hybridized carbons (Fsp3) is 0.250. The van der Waals surface area contributed by atoms with Crippen molar-refractivity contribution in [3.05, 3.63) is 69.3 Å². The third-order valence-corrected chi connectivity index (χ3v) is 4.90. The lowest BCUT2D eigenvalue weighted by Crippen LogP contribution is -2.37. The number of fused-ring (bicyclic) bond motifs is 4. The summed E-state index contributed by atoms with van der Waals surface area (Å²) in [4.78, 5) is 38.5. The molecule has 120 valence electrons. The van der Waals surface area contributed by atoms with Crippen LogP contribution in [-0.2, 0) is 6.42 Å². The first-order valence-corrected chi connectivity index (χ1v) is 7.90. The molecule has 0 spiro atoms. The predicted octanol–water partition coefficient (Wildman–Crippen LogP) is 2.65. The summed E-state index contributed by atoms with van der Waals surface area (Å²) in [5.41, 5.74) is 1.84. The molecule has 0 radical (unpaired) electrons. The lowest BCUT2D eigenvalue weighted by molar-refractivity contribution is 0.0409. The number of aliphatic hydroxyl groups is 1. The minimum atomic E-state index is -1.12. The minimum Gasteiger partial charge on any atom is -0.389 e. The third-order valence-electron chi connectivity index (χ3n) is 4.90. The van der Waals surface area contributed by atoms with Gasteiger partial charge >= 0.3 is 0 Å². The SMILES string of the molecule is Cc1cccc2c1C(=O)c1ccc3c(c1C2=O)C(=O)CC(C)(O)C3. The minimum absolute atomic E-state index is 0.0431. The second kappa shape index (κ2) is 4.71. The van der Waals surface area contributed by atoms with Crippen molar-refractivity contribution in [3.8, 4) is 0 Å². The van der Waals surface area contributed by atoms with Gasteiger partial charge in [-0.25, -0.2) is 0 Å². The molecule has 1 N–H and O–H groups in total. The molecule has 2 aliphatic rings. The first-order valence-electron chi connectivity index (χ1n) is 7.90. The topological polar surface area (TPSA) is 71.4 Å². The molecule has 4 heteroatoms. The fourth-order valence-electron chi connectivity index (χ4n) is 3.87. The molecule has 4 rings (SSSR count). The van der Waals surface area contributed by atoms with Crippen molar-refractivity contribution in [2.75, 3.05) is 0 Å². The van der Waals surface area contributed by atoms with Gasteiger partial charge in [-0.15, -0.1) is 0 Å². The van der Waals surface area contributed by atoms with Crippen LogP contribution in [0.15, 0.2) is 30.3 Å². The van der Waals surface area contributed by atoms with Gasteiger partial charge in [0.25, 0.3) is 0 Å². The summed E-state index contributed by atoms with van der Waals surface area (Å²) in [5.74, 6) is -0.781. The fourth-order valence-corrected chi connectivity index (χ4v) is 3.87. The molecular formula is C20H16O4. The number of ketones is 3. The largest absolute Gasteiger partial charge is 0.389 e. The van der Waals surface area contributed by atoms with E-state index < -0.39 is 5.60 Å². The van der Waals surface area contributed by atoms with E-state index in [1.54, 1.807) is 44.2 Å². The third kappa shape index (κ3) is 1.93. The quantitative estimate of drug-likeness (QED) is 0.691. The lowest BCUT2D eigenvalue weighted by Gasteiger charge is -2.31. The molecule has 0 aliphatic heterocycles. The number of carbonyl (C=O) groups excluding carboxylic acids is 3. The zero-order chi connectivity index (χ0) is 17.2. The summed E-state index contributed by atoms with van der Waals surface area (Å²) in [7, 11) is 0. The van der Waals surface area contributed by atoms with Crippen LogP contribution in [0, 0.1) is 6.92 Å². The molecule has 2 aromatic carbocycles. The summed E-state index contributed by atoms with van der Waals surface area (Å²) in [6.07, 6.45) is 0.252. The van der Waals surface area contributed by atoms with E-state index in [9.17, 15) is 19.5 Å². The van der Waals surface area contributed by atoms with Crippen molar-refractivity contribution in [1.82, 2.24) is 0 Å². The average molecular weight is 320 g/mol. The Balaban J connectivity index is 2.02. The Bertz CT molecular complexity index is 950. The Hall–Kier alpha value is -2.59. The van der Waals surface area contributed by atoms with E-state index in [0.717, 1.165) is 5.56 Å². The molecule has 0 saturated heterocycles. The monoisotopic (exact) mass is 320 g/mol. The van der Waals surface area contributed by atoms with Gasteiger partial charge in [0.15, 0.2) is 17.3 Å². The smallest absolute Gasteiger partial charge is 0.195 e. The molecule has 0 heterocycles. The highest BCUT2D eigenvalue weighted by Gasteiger charge is 2.40. The van der Waals surface area contributed by atoms with Gasteiger partial charge in [0.1, 0.15) is 0 Å². The van der Waals surface area contributed by atoms with Crippen LogP contribution >= 0.6 is 0 Å². The number of carbonyl (C=O) groups is 3. The van der Waals surface area contributed by atoms with Gasteiger partial charge in [-0.05, 0) is 31.0 Å². The zero-order valence-electron chi connectivity index (χ0n) is 13.5. The molecular weight excluding hydrogens is 304 g/mol. The summed E-state index contributed by atoms with van der Waals surface area (Å²) in [6.45, 7) is 3.41. The number of hydrogen-bond acceptors (Lipinski definition) is 4. The predicted molar refractivity (Wildman–Crippen MR) is 87.8 cm³/mol. The van der Waals surface area contributed by atoms with Crippen molar-refractivity contribution in [2.45, 2.75) is 32.3 Å². The molecule has 0 bridgehead atoms. The molecule has 2 aromatic rings. The van der Waals surface area contributed by atoms with E-state index in [-0.39, 0.29) is 34.9 Å². The number of rotatable bonds is 0. The second-order valence-electron chi connectivity index (χ2n) is 6.95. The number of Topliss-reactive ketones (excluding diaryl/α,β-unsaturated/α-hetero) is 1. The van der Waals surface area contributed by atoms with Crippen molar-refractivity contribution < 1.29 is 19.5 Å². The summed E-state index contributed by atoms with van der Waals surface area (Å²) >= 11 is 0. The van der Waals surface area contributed by atoms with Crippen LogP contribution in [0.4, 0.5) is 0 Å². The first kappa shape index (κ1) is 15.0. The molecule has 0 saturated carbocycles. The van der Waals surface area contributed by atoms with Gasteiger partial charge in [0.2, 0.25) is 0 Å². The Labute approximate surface area is 139 Å². The van der Waals surface area contributed by atoms with E-state index in [1.165, 1.54) is 0 Å². The van der Waals surface area contributed by atoms with Gasteiger partial charge in [-0.3, -0.25) is 14.4 Å². The maximum absolute atomic E-state index is 13.0. The van der Waals surface area contributed by atoms with Gasteiger partial charge < -0.3 is 5.11 Å². The maximum atomic E-state index is 13.0. The van der Waals surface area contributed by atoms with Crippen molar-refractivity contribution in [2.24, 2.45) is 0 Å². The van der Waals surface area contributed by atoms with Crippen LogP contribution in [0.25, 0.3) is 0 Å². The van der Waals surface area contributed by atoms with Crippen LogP contribution in [-0.4, -0.2) is 28.1 Å². The molecule has 1 unspecified atom stereocenters. The molecule has 0 fully saturated rings. The lowest BCUT2D eigenvalue weighted by atomic mass is 9.73. The molecule has 0 amide bonds. The summed E-state index contributed by atoms with van der Waals surface area (Å²) in [6, 6.07) is 8.48. The summed E-state index contributed by atoms with van der Waals surface area (Å²) in [5, 5.41) is 10.2. The first-order chi connectivity index (χ1) is 11.3. The van der Waals surface area contributed by atoms with E-state index in [2.05, 4.69) is 0 Å². The molecule has 2 aliphatic carbocycles. The second-order valence-corrected chi connectivity index (χ2v) is 6.95. The Kier molecular flexibility index (Phi) is 2.94. The Morgan fingerprint density at radius 3 is 2.29 bits per heavy atom. The van der Waals surface area contributed by atoms with Gasteiger partial charge in [-0.1, -0.05) is 24.3 Å². The van der Waals surface area contributed by atoms with E-state index in [4.69, 9.17) is 0 Å². The molecule has 0 aromatic heterocycles. The van der Waals surface area contributed by atoms with Crippen molar-refractivity contribution >= 4 is 17.3 Å². The number of benzene rings is 2. The van der Waals surface area contributed by atoms with Crippen molar-refractivity contribution in [1.29, 1.82) is 0 Å². The molecule has 4 nitrogen and oxygen atoms in total. The van der Waals surface area contributed by atoms with Crippen LogP contribution in [0.1, 0.15) is 66.7 Å². The van der Waals surface area contributed by atoms with Gasteiger partial charge in [0, 0.05) is 40.7 Å². The van der Waals surface area contributed by atoms with Crippen molar-refractivity contribution in [3.63, 3.8) is 0 Å².